The van der Waals surface area contributed by atoms with Crippen molar-refractivity contribution in [2.45, 2.75) is 24.9 Å². The van der Waals surface area contributed by atoms with Crippen LogP contribution in [0.15, 0.2) is 43.0 Å². The Kier molecular flexibility index (Phi) is 5.51. The zero-order valence-electron chi connectivity index (χ0n) is 12.2. The summed E-state index contributed by atoms with van der Waals surface area (Å²) in [7, 11) is 0. The summed E-state index contributed by atoms with van der Waals surface area (Å²) in [6.07, 6.45) is 3.52. The number of halogens is 1. The van der Waals surface area contributed by atoms with Crippen LogP contribution in [0, 0.1) is 0 Å². The molecular formula is C15H20ClN5O. The van der Waals surface area contributed by atoms with Crippen molar-refractivity contribution in [2.75, 3.05) is 13.1 Å². The number of amides is 1. The standard InChI is InChI=1S/C15H19N5O.ClH/c16-14-9-19(8-13(14)12-4-2-1-3-5-12)15(21)6-7-20-11-17-10-18-20;/h1-5,10-11,13-14H,6-9,16H2;1H/t13-,14+;/m0./s1. The average molecular weight is 322 g/mol. The second-order valence-corrected chi connectivity index (χ2v) is 5.39. The lowest BCUT2D eigenvalue weighted by molar-refractivity contribution is -0.130. The van der Waals surface area contributed by atoms with E-state index in [1.54, 1.807) is 11.0 Å². The lowest BCUT2D eigenvalue weighted by atomic mass is 9.95. The van der Waals surface area contributed by atoms with Crippen LogP contribution in [0.5, 0.6) is 0 Å². The minimum absolute atomic E-state index is 0. The smallest absolute Gasteiger partial charge is 0.224 e. The summed E-state index contributed by atoms with van der Waals surface area (Å²) >= 11 is 0. The minimum Gasteiger partial charge on any atom is -0.340 e. The molecule has 0 aliphatic carbocycles. The van der Waals surface area contributed by atoms with Gasteiger partial charge in [0.05, 0.1) is 6.54 Å². The number of aromatic nitrogens is 3. The van der Waals surface area contributed by atoms with Gasteiger partial charge in [-0.2, -0.15) is 5.10 Å². The molecule has 22 heavy (non-hydrogen) atoms. The van der Waals surface area contributed by atoms with Gasteiger partial charge in [-0.1, -0.05) is 30.3 Å². The van der Waals surface area contributed by atoms with Gasteiger partial charge in [-0.3, -0.25) is 9.48 Å². The van der Waals surface area contributed by atoms with E-state index in [1.807, 2.05) is 23.1 Å². The fourth-order valence-electron chi connectivity index (χ4n) is 2.80. The van der Waals surface area contributed by atoms with Crippen LogP contribution >= 0.6 is 12.4 Å². The Bertz CT molecular complexity index is 589. The normalized spacial score (nSPS) is 20.7. The summed E-state index contributed by atoms with van der Waals surface area (Å²) in [6, 6.07) is 10.2. The van der Waals surface area contributed by atoms with Crippen molar-refractivity contribution in [3.05, 3.63) is 48.5 Å². The van der Waals surface area contributed by atoms with Crippen LogP contribution in [0.1, 0.15) is 17.9 Å². The van der Waals surface area contributed by atoms with Crippen molar-refractivity contribution >= 4 is 18.3 Å². The summed E-state index contributed by atoms with van der Waals surface area (Å²) in [5.41, 5.74) is 7.41. The topological polar surface area (TPSA) is 77.0 Å². The highest BCUT2D eigenvalue weighted by Gasteiger charge is 2.33. The van der Waals surface area contributed by atoms with Crippen LogP contribution < -0.4 is 5.73 Å². The Morgan fingerprint density at radius 1 is 1.27 bits per heavy atom. The van der Waals surface area contributed by atoms with Gasteiger partial charge in [0.2, 0.25) is 5.91 Å². The van der Waals surface area contributed by atoms with Crippen LogP contribution in [0.25, 0.3) is 0 Å². The third kappa shape index (κ3) is 3.64. The van der Waals surface area contributed by atoms with Gasteiger partial charge in [-0.15, -0.1) is 12.4 Å². The first-order valence-electron chi connectivity index (χ1n) is 7.15. The van der Waals surface area contributed by atoms with Gasteiger partial charge >= 0.3 is 0 Å². The highest BCUT2D eigenvalue weighted by Crippen LogP contribution is 2.26. The number of carbonyl (C=O) groups excluding carboxylic acids is 1. The maximum atomic E-state index is 12.3. The first kappa shape index (κ1) is 16.5. The molecule has 1 saturated heterocycles. The highest BCUT2D eigenvalue weighted by molar-refractivity contribution is 5.85. The molecule has 0 bridgehead atoms. The third-order valence-electron chi connectivity index (χ3n) is 3.97. The SMILES string of the molecule is Cl.N[C@@H]1CN(C(=O)CCn2cncn2)C[C@H]1c1ccccc1. The van der Waals surface area contributed by atoms with E-state index in [4.69, 9.17) is 5.73 Å². The van der Waals surface area contributed by atoms with Crippen molar-refractivity contribution in [3.63, 3.8) is 0 Å². The van der Waals surface area contributed by atoms with Crippen LogP contribution in [0.4, 0.5) is 0 Å². The second kappa shape index (κ2) is 7.38. The molecule has 2 aromatic rings. The predicted molar refractivity (Wildman–Crippen MR) is 85.6 cm³/mol. The van der Waals surface area contributed by atoms with Crippen molar-refractivity contribution in [1.29, 1.82) is 0 Å². The average Bonchev–Trinajstić information content (AvgIpc) is 3.15. The maximum absolute atomic E-state index is 12.3. The van der Waals surface area contributed by atoms with Crippen LogP contribution in [-0.4, -0.2) is 44.7 Å². The number of nitrogens with zero attached hydrogens (tertiary/aromatic N) is 4. The number of benzene rings is 1. The Morgan fingerprint density at radius 3 is 2.73 bits per heavy atom. The lowest BCUT2D eigenvalue weighted by Gasteiger charge is -2.16. The van der Waals surface area contributed by atoms with Crippen molar-refractivity contribution in [2.24, 2.45) is 5.73 Å². The number of likely N-dealkylation sites (tertiary alicyclic amines) is 1. The number of hydrogen-bond acceptors (Lipinski definition) is 4. The molecule has 1 amide bonds. The van der Waals surface area contributed by atoms with Crippen LogP contribution in [-0.2, 0) is 11.3 Å². The van der Waals surface area contributed by atoms with E-state index in [0.717, 1.165) is 0 Å². The van der Waals surface area contributed by atoms with E-state index in [-0.39, 0.29) is 30.3 Å². The molecule has 2 atom stereocenters. The molecule has 2 heterocycles. The van der Waals surface area contributed by atoms with Gasteiger partial charge in [0.15, 0.2) is 0 Å². The molecule has 1 fully saturated rings. The minimum atomic E-state index is 0. The summed E-state index contributed by atoms with van der Waals surface area (Å²) in [5.74, 6) is 0.348. The Morgan fingerprint density at radius 2 is 2.05 bits per heavy atom. The van der Waals surface area contributed by atoms with Gasteiger partial charge in [0.1, 0.15) is 12.7 Å². The van der Waals surface area contributed by atoms with E-state index in [1.165, 1.54) is 11.9 Å². The largest absolute Gasteiger partial charge is 0.340 e. The lowest BCUT2D eigenvalue weighted by Crippen LogP contribution is -2.32. The molecule has 1 aromatic heterocycles. The van der Waals surface area contributed by atoms with E-state index in [2.05, 4.69) is 22.2 Å². The van der Waals surface area contributed by atoms with E-state index in [0.29, 0.717) is 26.1 Å². The maximum Gasteiger partial charge on any atom is 0.224 e. The van der Waals surface area contributed by atoms with Crippen molar-refractivity contribution in [3.8, 4) is 0 Å². The zero-order valence-corrected chi connectivity index (χ0v) is 13.0. The van der Waals surface area contributed by atoms with Gasteiger partial charge in [-0.05, 0) is 5.56 Å². The molecule has 0 radical (unpaired) electrons. The van der Waals surface area contributed by atoms with Gasteiger partial charge in [0.25, 0.3) is 0 Å². The zero-order chi connectivity index (χ0) is 14.7. The van der Waals surface area contributed by atoms with Gasteiger partial charge in [0, 0.05) is 31.5 Å². The van der Waals surface area contributed by atoms with E-state index < -0.39 is 0 Å². The molecular weight excluding hydrogens is 302 g/mol. The van der Waals surface area contributed by atoms with E-state index in [9.17, 15) is 4.79 Å². The Hall–Kier alpha value is -1.92. The molecule has 6 nitrogen and oxygen atoms in total. The molecule has 0 unspecified atom stereocenters. The fourth-order valence-corrected chi connectivity index (χ4v) is 2.80. The molecule has 118 valence electrons. The van der Waals surface area contributed by atoms with Crippen LogP contribution in [0.2, 0.25) is 0 Å². The first-order chi connectivity index (χ1) is 10.2. The first-order valence-corrected chi connectivity index (χ1v) is 7.15. The predicted octanol–water partition coefficient (Wildman–Crippen LogP) is 1.04. The summed E-state index contributed by atoms with van der Waals surface area (Å²) < 4.78 is 1.67. The summed E-state index contributed by atoms with van der Waals surface area (Å²) in [5, 5.41) is 4.00. The number of nitrogens with two attached hydrogens (primary N) is 1. The molecule has 1 aliphatic rings. The van der Waals surface area contributed by atoms with E-state index >= 15 is 0 Å². The number of hydrogen-bond donors (Lipinski definition) is 1. The van der Waals surface area contributed by atoms with Crippen molar-refractivity contribution in [1.82, 2.24) is 19.7 Å². The molecule has 2 N–H and O–H groups in total. The molecule has 1 aliphatic heterocycles. The number of aryl methyl sites for hydroxylation is 1. The molecule has 3 rings (SSSR count). The Labute approximate surface area is 135 Å². The highest BCUT2D eigenvalue weighted by atomic mass is 35.5. The van der Waals surface area contributed by atoms with Crippen molar-refractivity contribution < 1.29 is 4.79 Å². The Balaban J connectivity index is 0.00000176. The molecule has 0 spiro atoms. The van der Waals surface area contributed by atoms with Crippen LogP contribution in [0.3, 0.4) is 0 Å². The summed E-state index contributed by atoms with van der Waals surface area (Å²) in [6.45, 7) is 1.87. The molecule has 0 saturated carbocycles. The number of carbonyl (C=O) groups is 1. The molecule has 1 aromatic carbocycles. The van der Waals surface area contributed by atoms with Gasteiger partial charge < -0.3 is 10.6 Å². The van der Waals surface area contributed by atoms with Gasteiger partial charge in [-0.25, -0.2) is 4.98 Å². The third-order valence-corrected chi connectivity index (χ3v) is 3.97. The second-order valence-electron chi connectivity index (χ2n) is 5.39. The quantitative estimate of drug-likeness (QED) is 0.913. The summed E-state index contributed by atoms with van der Waals surface area (Å²) in [4.78, 5) is 18.0. The number of rotatable bonds is 4. The monoisotopic (exact) mass is 321 g/mol. The fraction of sp³-hybridized carbons (Fsp3) is 0.400. The molecule has 7 heteroatoms.